The van der Waals surface area contributed by atoms with Crippen molar-refractivity contribution >= 4 is 43.5 Å². The number of halogens is 4. The van der Waals surface area contributed by atoms with Crippen LogP contribution in [-0.2, 0) is 0 Å². The maximum absolute atomic E-state index is 13.4. The average Bonchev–Trinajstić information content (AvgIpc) is 2.26. The van der Waals surface area contributed by atoms with Gasteiger partial charge in [-0.3, -0.25) is 0 Å². The minimum absolute atomic E-state index is 0.000239. The molecule has 0 N–H and O–H groups in total. The molecule has 0 radical (unpaired) electrons. The van der Waals surface area contributed by atoms with Gasteiger partial charge in [0.2, 0.25) is 0 Å². The lowest BCUT2D eigenvalue weighted by atomic mass is 9.96. The van der Waals surface area contributed by atoms with E-state index in [4.69, 9.17) is 11.6 Å². The lowest BCUT2D eigenvalue weighted by Crippen LogP contribution is -2.01. The highest BCUT2D eigenvalue weighted by Crippen LogP contribution is 2.39. The molecular weight excluding hydrogens is 394 g/mol. The van der Waals surface area contributed by atoms with Crippen LogP contribution in [0.25, 0.3) is 0 Å². The van der Waals surface area contributed by atoms with Crippen LogP contribution < -0.4 is 0 Å². The van der Waals surface area contributed by atoms with Crippen molar-refractivity contribution in [1.29, 1.82) is 0 Å². The fourth-order valence-corrected chi connectivity index (χ4v) is 4.52. The van der Waals surface area contributed by atoms with Crippen molar-refractivity contribution in [3.05, 3.63) is 67.9 Å². The Morgan fingerprint density at radius 1 is 1.11 bits per heavy atom. The minimum atomic E-state index is -0.200. The standard InChI is InChI=1S/C15H12Br2ClF/c1-8-5-11(19)6-9(2)14(8)15(17)12-4-3-10(18)7-13(12)16/h3-7,15H,1-2H3. The predicted octanol–water partition coefficient (Wildman–Crippen LogP) is 6.34. The van der Waals surface area contributed by atoms with Gasteiger partial charge in [0.05, 0.1) is 4.83 Å². The molecule has 0 bridgehead atoms. The molecule has 1 unspecified atom stereocenters. The van der Waals surface area contributed by atoms with Gasteiger partial charge >= 0.3 is 0 Å². The summed E-state index contributed by atoms with van der Waals surface area (Å²) in [5, 5.41) is 0.683. The molecule has 0 saturated heterocycles. The molecule has 0 aliphatic rings. The second-order valence-corrected chi connectivity index (χ2v) is 6.69. The summed E-state index contributed by atoms with van der Waals surface area (Å²) in [6, 6.07) is 8.79. The third-order valence-corrected chi connectivity index (χ3v) is 4.92. The Bertz CT molecular complexity index is 603. The van der Waals surface area contributed by atoms with E-state index in [0.717, 1.165) is 26.7 Å². The molecule has 0 amide bonds. The van der Waals surface area contributed by atoms with Gasteiger partial charge in [0.15, 0.2) is 0 Å². The molecule has 100 valence electrons. The number of aryl methyl sites for hydroxylation is 2. The van der Waals surface area contributed by atoms with Crippen LogP contribution in [0.2, 0.25) is 5.02 Å². The summed E-state index contributed by atoms with van der Waals surface area (Å²) in [6.07, 6.45) is 0. The first-order valence-corrected chi connectivity index (χ1v) is 7.84. The Kier molecular flexibility index (Phi) is 4.70. The summed E-state index contributed by atoms with van der Waals surface area (Å²) in [5.41, 5.74) is 4.02. The van der Waals surface area contributed by atoms with Gasteiger partial charge < -0.3 is 0 Å². The van der Waals surface area contributed by atoms with Gasteiger partial charge in [0.25, 0.3) is 0 Å². The number of alkyl halides is 1. The van der Waals surface area contributed by atoms with Crippen molar-refractivity contribution in [2.24, 2.45) is 0 Å². The molecule has 0 nitrogen and oxygen atoms in total. The van der Waals surface area contributed by atoms with Gasteiger partial charge in [-0.25, -0.2) is 4.39 Å². The van der Waals surface area contributed by atoms with Gasteiger partial charge in [-0.2, -0.15) is 0 Å². The minimum Gasteiger partial charge on any atom is -0.207 e. The Morgan fingerprint density at radius 2 is 1.68 bits per heavy atom. The van der Waals surface area contributed by atoms with Crippen LogP contribution in [0.4, 0.5) is 4.39 Å². The normalized spacial score (nSPS) is 12.5. The van der Waals surface area contributed by atoms with Crippen LogP contribution in [0.5, 0.6) is 0 Å². The van der Waals surface area contributed by atoms with E-state index in [-0.39, 0.29) is 10.6 Å². The van der Waals surface area contributed by atoms with E-state index in [1.165, 1.54) is 0 Å². The second kappa shape index (κ2) is 5.94. The molecule has 0 saturated carbocycles. The maximum Gasteiger partial charge on any atom is 0.123 e. The number of rotatable bonds is 2. The van der Waals surface area contributed by atoms with Crippen LogP contribution in [0.15, 0.2) is 34.8 Å². The largest absolute Gasteiger partial charge is 0.207 e. The molecule has 19 heavy (non-hydrogen) atoms. The van der Waals surface area contributed by atoms with Crippen molar-refractivity contribution < 1.29 is 4.39 Å². The summed E-state index contributed by atoms with van der Waals surface area (Å²) in [5.74, 6) is -0.200. The van der Waals surface area contributed by atoms with Gasteiger partial charge in [-0.05, 0) is 60.4 Å². The Balaban J connectivity index is 2.53. The van der Waals surface area contributed by atoms with Crippen molar-refractivity contribution in [2.45, 2.75) is 18.7 Å². The lowest BCUT2D eigenvalue weighted by Gasteiger charge is -2.18. The van der Waals surface area contributed by atoms with Crippen molar-refractivity contribution in [1.82, 2.24) is 0 Å². The van der Waals surface area contributed by atoms with Crippen molar-refractivity contribution in [3.63, 3.8) is 0 Å². The van der Waals surface area contributed by atoms with Crippen LogP contribution in [0, 0.1) is 19.7 Å². The number of hydrogen-bond donors (Lipinski definition) is 0. The van der Waals surface area contributed by atoms with E-state index in [1.807, 2.05) is 32.0 Å². The highest BCUT2D eigenvalue weighted by molar-refractivity contribution is 9.11. The van der Waals surface area contributed by atoms with E-state index >= 15 is 0 Å². The second-order valence-electron chi connectivity index (χ2n) is 4.48. The average molecular weight is 407 g/mol. The monoisotopic (exact) mass is 404 g/mol. The topological polar surface area (TPSA) is 0 Å². The SMILES string of the molecule is Cc1cc(F)cc(C)c1C(Br)c1ccc(Cl)cc1Br. The first-order valence-electron chi connectivity index (χ1n) is 5.76. The lowest BCUT2D eigenvalue weighted by molar-refractivity contribution is 0.624. The molecule has 4 heteroatoms. The molecular formula is C15H12Br2ClF. The van der Waals surface area contributed by atoms with E-state index in [1.54, 1.807) is 12.1 Å². The molecule has 0 heterocycles. The molecule has 2 rings (SSSR count). The number of hydrogen-bond acceptors (Lipinski definition) is 0. The summed E-state index contributed by atoms with van der Waals surface area (Å²) < 4.78 is 14.3. The van der Waals surface area contributed by atoms with E-state index in [9.17, 15) is 4.39 Å². The Labute approximate surface area is 134 Å². The molecule has 2 aromatic carbocycles. The van der Waals surface area contributed by atoms with Crippen LogP contribution in [0.1, 0.15) is 27.1 Å². The molecule has 2 aromatic rings. The highest BCUT2D eigenvalue weighted by Gasteiger charge is 2.18. The molecule has 0 aromatic heterocycles. The van der Waals surface area contributed by atoms with E-state index < -0.39 is 0 Å². The van der Waals surface area contributed by atoms with Gasteiger partial charge in [0, 0.05) is 9.50 Å². The van der Waals surface area contributed by atoms with Crippen molar-refractivity contribution in [2.75, 3.05) is 0 Å². The van der Waals surface area contributed by atoms with Crippen LogP contribution in [-0.4, -0.2) is 0 Å². The zero-order valence-corrected chi connectivity index (χ0v) is 14.4. The summed E-state index contributed by atoms with van der Waals surface area (Å²) in [7, 11) is 0. The van der Waals surface area contributed by atoms with Crippen molar-refractivity contribution in [3.8, 4) is 0 Å². The zero-order valence-electron chi connectivity index (χ0n) is 10.5. The summed E-state index contributed by atoms with van der Waals surface area (Å²) in [4.78, 5) is -0.000239. The highest BCUT2D eigenvalue weighted by atomic mass is 79.9. The quantitative estimate of drug-likeness (QED) is 0.510. The fourth-order valence-electron chi connectivity index (χ4n) is 2.18. The van der Waals surface area contributed by atoms with E-state index in [0.29, 0.717) is 5.02 Å². The zero-order chi connectivity index (χ0) is 14.2. The van der Waals surface area contributed by atoms with Crippen LogP contribution >= 0.6 is 43.5 Å². The molecule has 1 atom stereocenters. The Hall–Kier alpha value is -0.380. The van der Waals surface area contributed by atoms with Crippen LogP contribution in [0.3, 0.4) is 0 Å². The fraction of sp³-hybridized carbons (Fsp3) is 0.200. The number of benzene rings is 2. The molecule has 0 aliphatic carbocycles. The van der Waals surface area contributed by atoms with Gasteiger partial charge in [-0.1, -0.05) is 49.5 Å². The first kappa shape index (κ1) is 15.0. The first-order chi connectivity index (χ1) is 8.90. The van der Waals surface area contributed by atoms with E-state index in [2.05, 4.69) is 31.9 Å². The van der Waals surface area contributed by atoms with Gasteiger partial charge in [-0.15, -0.1) is 0 Å². The summed E-state index contributed by atoms with van der Waals surface area (Å²) >= 11 is 13.2. The third-order valence-electron chi connectivity index (χ3n) is 3.05. The molecule has 0 aliphatic heterocycles. The predicted molar refractivity (Wildman–Crippen MR) is 85.8 cm³/mol. The smallest absolute Gasteiger partial charge is 0.123 e. The Morgan fingerprint density at radius 3 is 2.21 bits per heavy atom. The summed E-state index contributed by atoms with van der Waals surface area (Å²) in [6.45, 7) is 3.84. The molecule has 0 fully saturated rings. The third kappa shape index (κ3) is 3.21. The molecule has 0 spiro atoms. The van der Waals surface area contributed by atoms with Gasteiger partial charge in [0.1, 0.15) is 5.82 Å². The maximum atomic E-state index is 13.4.